The molecule has 112 valence electrons. The van der Waals surface area contributed by atoms with Crippen molar-refractivity contribution in [2.75, 3.05) is 5.32 Å². The van der Waals surface area contributed by atoms with Crippen molar-refractivity contribution in [1.82, 2.24) is 4.98 Å². The van der Waals surface area contributed by atoms with Crippen LogP contribution < -0.4 is 5.32 Å². The van der Waals surface area contributed by atoms with Gasteiger partial charge in [-0.2, -0.15) is 13.2 Å². The van der Waals surface area contributed by atoms with Crippen molar-refractivity contribution in [1.29, 1.82) is 0 Å². The standard InChI is InChI=1S/C13H10ClF3N2O2/c14-8-1-3-11(10(5-8)13(15,16)17)19-12(20)4-2-9-6-21-7-18-9/h1,3,5-7H,2,4H2,(H,19,20). The summed E-state index contributed by atoms with van der Waals surface area (Å²) in [5.41, 5.74) is -0.751. The summed E-state index contributed by atoms with van der Waals surface area (Å²) in [6, 6.07) is 3.18. The molecule has 2 rings (SSSR count). The molecule has 0 unspecified atom stereocenters. The fourth-order valence-electron chi connectivity index (χ4n) is 1.68. The van der Waals surface area contributed by atoms with Crippen LogP contribution >= 0.6 is 11.6 Å². The Morgan fingerprint density at radius 1 is 1.38 bits per heavy atom. The van der Waals surface area contributed by atoms with Crippen molar-refractivity contribution >= 4 is 23.2 Å². The maximum atomic E-state index is 12.9. The van der Waals surface area contributed by atoms with Crippen LogP contribution in [0.3, 0.4) is 0 Å². The molecule has 4 nitrogen and oxygen atoms in total. The number of aromatic nitrogens is 1. The van der Waals surface area contributed by atoms with Gasteiger partial charge in [-0.25, -0.2) is 4.98 Å². The van der Waals surface area contributed by atoms with Crippen LogP contribution in [0.25, 0.3) is 0 Å². The van der Waals surface area contributed by atoms with E-state index in [9.17, 15) is 18.0 Å². The van der Waals surface area contributed by atoms with Crippen molar-refractivity contribution in [2.24, 2.45) is 0 Å². The number of benzene rings is 1. The number of amides is 1. The molecule has 0 spiro atoms. The Balaban J connectivity index is 2.06. The highest BCUT2D eigenvalue weighted by atomic mass is 35.5. The summed E-state index contributed by atoms with van der Waals surface area (Å²) in [5.74, 6) is -0.550. The Morgan fingerprint density at radius 2 is 2.14 bits per heavy atom. The van der Waals surface area contributed by atoms with Gasteiger partial charge in [0.1, 0.15) is 6.26 Å². The lowest BCUT2D eigenvalue weighted by Gasteiger charge is -2.14. The number of nitrogens with zero attached hydrogens (tertiary/aromatic N) is 1. The zero-order valence-electron chi connectivity index (χ0n) is 10.6. The first-order valence-electron chi connectivity index (χ1n) is 5.90. The third kappa shape index (κ3) is 4.22. The van der Waals surface area contributed by atoms with Gasteiger partial charge in [0.25, 0.3) is 0 Å². The number of alkyl halides is 3. The first-order valence-corrected chi connectivity index (χ1v) is 6.28. The van der Waals surface area contributed by atoms with Crippen LogP contribution in [0.2, 0.25) is 5.02 Å². The zero-order valence-corrected chi connectivity index (χ0v) is 11.3. The van der Waals surface area contributed by atoms with E-state index in [4.69, 9.17) is 16.0 Å². The van der Waals surface area contributed by atoms with Crippen LogP contribution in [0.5, 0.6) is 0 Å². The highest BCUT2D eigenvalue weighted by molar-refractivity contribution is 6.30. The SMILES string of the molecule is O=C(CCc1cocn1)Nc1ccc(Cl)cc1C(F)(F)F. The molecule has 0 aliphatic carbocycles. The second-order valence-electron chi connectivity index (χ2n) is 4.22. The zero-order chi connectivity index (χ0) is 15.5. The van der Waals surface area contributed by atoms with Crippen molar-refractivity contribution < 1.29 is 22.4 Å². The van der Waals surface area contributed by atoms with Gasteiger partial charge in [-0.05, 0) is 18.2 Å². The van der Waals surface area contributed by atoms with Crippen LogP contribution in [0.1, 0.15) is 17.7 Å². The maximum absolute atomic E-state index is 12.9. The second kappa shape index (κ2) is 6.17. The molecule has 1 aromatic carbocycles. The molecule has 0 saturated carbocycles. The van der Waals surface area contributed by atoms with E-state index >= 15 is 0 Å². The summed E-state index contributed by atoms with van der Waals surface area (Å²) in [6.07, 6.45) is -1.74. The van der Waals surface area contributed by atoms with E-state index in [0.717, 1.165) is 12.1 Å². The summed E-state index contributed by atoms with van der Waals surface area (Å²) in [4.78, 5) is 15.5. The quantitative estimate of drug-likeness (QED) is 0.929. The number of oxazole rings is 1. The van der Waals surface area contributed by atoms with E-state index < -0.39 is 17.6 Å². The van der Waals surface area contributed by atoms with Gasteiger partial charge in [0.15, 0.2) is 6.39 Å². The monoisotopic (exact) mass is 318 g/mol. The van der Waals surface area contributed by atoms with E-state index in [1.165, 1.54) is 18.7 Å². The molecule has 21 heavy (non-hydrogen) atoms. The van der Waals surface area contributed by atoms with E-state index in [-0.39, 0.29) is 23.6 Å². The number of rotatable bonds is 4. The summed E-state index contributed by atoms with van der Waals surface area (Å²) >= 11 is 5.56. The van der Waals surface area contributed by atoms with Gasteiger partial charge >= 0.3 is 6.18 Å². The number of hydrogen-bond acceptors (Lipinski definition) is 3. The highest BCUT2D eigenvalue weighted by Gasteiger charge is 2.34. The van der Waals surface area contributed by atoms with E-state index in [1.807, 2.05) is 0 Å². The summed E-state index contributed by atoms with van der Waals surface area (Å²) in [5, 5.41) is 2.18. The lowest BCUT2D eigenvalue weighted by Crippen LogP contribution is -2.17. The number of carbonyl (C=O) groups is 1. The second-order valence-corrected chi connectivity index (χ2v) is 4.65. The molecule has 0 atom stereocenters. The number of anilines is 1. The van der Waals surface area contributed by atoms with Crippen molar-refractivity contribution in [3.05, 3.63) is 47.1 Å². The Kier molecular flexibility index (Phi) is 4.52. The molecule has 1 amide bonds. The van der Waals surface area contributed by atoms with Crippen LogP contribution in [-0.4, -0.2) is 10.9 Å². The van der Waals surface area contributed by atoms with Gasteiger partial charge in [-0.15, -0.1) is 0 Å². The largest absolute Gasteiger partial charge is 0.451 e. The molecule has 0 saturated heterocycles. The van der Waals surface area contributed by atoms with E-state index in [0.29, 0.717) is 5.69 Å². The van der Waals surface area contributed by atoms with Crippen LogP contribution in [0, 0.1) is 0 Å². The molecule has 0 radical (unpaired) electrons. The lowest BCUT2D eigenvalue weighted by atomic mass is 10.1. The van der Waals surface area contributed by atoms with Crippen molar-refractivity contribution in [2.45, 2.75) is 19.0 Å². The predicted molar refractivity (Wildman–Crippen MR) is 69.9 cm³/mol. The van der Waals surface area contributed by atoms with Gasteiger partial charge < -0.3 is 9.73 Å². The topological polar surface area (TPSA) is 55.1 Å². The molecule has 8 heteroatoms. The Morgan fingerprint density at radius 3 is 2.76 bits per heavy atom. The molecule has 2 aromatic rings. The van der Waals surface area contributed by atoms with Crippen LogP contribution in [-0.2, 0) is 17.4 Å². The third-order valence-electron chi connectivity index (χ3n) is 2.65. The molecule has 1 aromatic heterocycles. The first-order chi connectivity index (χ1) is 9.86. The number of nitrogens with one attached hydrogen (secondary N) is 1. The third-order valence-corrected chi connectivity index (χ3v) is 2.89. The van der Waals surface area contributed by atoms with Crippen molar-refractivity contribution in [3.8, 4) is 0 Å². The summed E-state index contributed by atoms with van der Waals surface area (Å²) in [6.45, 7) is 0. The number of halogens is 4. The van der Waals surface area contributed by atoms with Gasteiger partial charge in [-0.3, -0.25) is 4.79 Å². The Bertz CT molecular complexity index is 627. The van der Waals surface area contributed by atoms with Crippen molar-refractivity contribution in [3.63, 3.8) is 0 Å². The maximum Gasteiger partial charge on any atom is 0.418 e. The smallest absolute Gasteiger partial charge is 0.418 e. The van der Waals surface area contributed by atoms with E-state index in [2.05, 4.69) is 10.3 Å². The molecule has 0 aliphatic heterocycles. The lowest BCUT2D eigenvalue weighted by molar-refractivity contribution is -0.137. The normalized spacial score (nSPS) is 11.4. The minimum atomic E-state index is -4.60. The fourth-order valence-corrected chi connectivity index (χ4v) is 1.85. The summed E-state index contributed by atoms with van der Waals surface area (Å²) in [7, 11) is 0. The van der Waals surface area contributed by atoms with Crippen LogP contribution in [0.15, 0.2) is 35.3 Å². The number of aryl methyl sites for hydroxylation is 1. The Hall–Kier alpha value is -2.02. The number of carbonyl (C=O) groups excluding carboxylic acids is 1. The van der Waals surface area contributed by atoms with Gasteiger partial charge in [0.05, 0.1) is 16.9 Å². The minimum Gasteiger partial charge on any atom is -0.451 e. The van der Waals surface area contributed by atoms with Gasteiger partial charge in [0.2, 0.25) is 5.91 Å². The highest BCUT2D eigenvalue weighted by Crippen LogP contribution is 2.36. The van der Waals surface area contributed by atoms with Gasteiger partial charge in [-0.1, -0.05) is 11.6 Å². The average molecular weight is 319 g/mol. The Labute approximate surface area is 122 Å². The number of hydrogen-bond donors (Lipinski definition) is 1. The van der Waals surface area contributed by atoms with Crippen LogP contribution in [0.4, 0.5) is 18.9 Å². The molecule has 0 aliphatic rings. The average Bonchev–Trinajstić information content (AvgIpc) is 2.90. The first kappa shape index (κ1) is 15.4. The molecule has 0 fully saturated rings. The molecule has 1 heterocycles. The van der Waals surface area contributed by atoms with Gasteiger partial charge in [0, 0.05) is 17.9 Å². The summed E-state index contributed by atoms with van der Waals surface area (Å²) < 4.78 is 43.3. The molecule has 1 N–H and O–H groups in total. The molecular weight excluding hydrogens is 309 g/mol. The van der Waals surface area contributed by atoms with E-state index in [1.54, 1.807) is 0 Å². The predicted octanol–water partition coefficient (Wildman–Crippen LogP) is 3.92. The molecule has 0 bridgehead atoms. The fraction of sp³-hybridized carbons (Fsp3) is 0.231. The molecular formula is C13H10ClF3N2O2. The minimum absolute atomic E-state index is 0.00748.